The minimum atomic E-state index is -3.63. The normalized spacial score (nSPS) is 15.4. The van der Waals surface area contributed by atoms with Crippen LogP contribution in [-0.2, 0) is 16.6 Å². The number of furan rings is 1. The fourth-order valence-electron chi connectivity index (χ4n) is 2.98. The maximum absolute atomic E-state index is 12.9. The van der Waals surface area contributed by atoms with Gasteiger partial charge < -0.3 is 14.8 Å². The lowest BCUT2D eigenvalue weighted by atomic mass is 10.2. The fraction of sp³-hybridized carbons (Fsp3) is 0.333. The van der Waals surface area contributed by atoms with E-state index in [0.717, 1.165) is 31.6 Å². The van der Waals surface area contributed by atoms with Crippen LogP contribution in [0.25, 0.3) is 0 Å². The van der Waals surface area contributed by atoms with Crippen molar-refractivity contribution in [3.63, 3.8) is 0 Å². The molecule has 9 heteroatoms. The second-order valence-corrected chi connectivity index (χ2v) is 8.17. The van der Waals surface area contributed by atoms with Crippen molar-refractivity contribution < 1.29 is 27.5 Å². The molecule has 0 atom stereocenters. The van der Waals surface area contributed by atoms with Crippen LogP contribution in [0, 0.1) is 0 Å². The number of nitrogens with one attached hydrogen (secondary N) is 1. The monoisotopic (exact) mass is 392 g/mol. The molecular weight excluding hydrogens is 372 g/mol. The van der Waals surface area contributed by atoms with Crippen LogP contribution in [0.2, 0.25) is 0 Å². The molecule has 1 aromatic heterocycles. The zero-order valence-electron chi connectivity index (χ0n) is 14.6. The summed E-state index contributed by atoms with van der Waals surface area (Å²) in [6.07, 6.45) is 3.67. The average Bonchev–Trinajstić information content (AvgIpc) is 3.18. The first-order chi connectivity index (χ1) is 12.9. The number of amides is 1. The van der Waals surface area contributed by atoms with Crippen molar-refractivity contribution in [3.8, 4) is 0 Å². The van der Waals surface area contributed by atoms with E-state index in [1.165, 1.54) is 10.4 Å². The van der Waals surface area contributed by atoms with Gasteiger partial charge in [0.05, 0.1) is 10.5 Å². The highest BCUT2D eigenvalue weighted by Crippen LogP contribution is 2.23. The summed E-state index contributed by atoms with van der Waals surface area (Å²) in [4.78, 5) is 23.2. The molecule has 0 radical (unpaired) electrons. The van der Waals surface area contributed by atoms with Gasteiger partial charge in [-0.15, -0.1) is 0 Å². The van der Waals surface area contributed by atoms with Crippen LogP contribution in [0.15, 0.2) is 45.9 Å². The molecule has 1 amide bonds. The summed E-state index contributed by atoms with van der Waals surface area (Å²) in [5, 5.41) is 11.4. The van der Waals surface area contributed by atoms with Gasteiger partial charge in [0.25, 0.3) is 5.91 Å². The molecule has 2 aromatic rings. The highest BCUT2D eigenvalue weighted by molar-refractivity contribution is 7.89. The lowest BCUT2D eigenvalue weighted by Crippen LogP contribution is -2.36. The van der Waals surface area contributed by atoms with E-state index >= 15 is 0 Å². The van der Waals surface area contributed by atoms with E-state index in [0.29, 0.717) is 18.7 Å². The molecule has 2 N–H and O–H groups in total. The fourth-order valence-corrected chi connectivity index (χ4v) is 4.72. The van der Waals surface area contributed by atoms with Gasteiger partial charge in [-0.3, -0.25) is 4.79 Å². The van der Waals surface area contributed by atoms with E-state index in [2.05, 4.69) is 5.32 Å². The SMILES string of the molecule is O=C(O)c1coc(C(=O)NCc2ccccc2S(=O)(=O)N2CCCCC2)c1. The van der Waals surface area contributed by atoms with Gasteiger partial charge >= 0.3 is 5.97 Å². The molecule has 1 saturated heterocycles. The molecule has 1 aliphatic heterocycles. The average molecular weight is 392 g/mol. The first-order valence-corrected chi connectivity index (χ1v) is 10.0. The van der Waals surface area contributed by atoms with E-state index in [9.17, 15) is 18.0 Å². The van der Waals surface area contributed by atoms with Crippen LogP contribution < -0.4 is 5.32 Å². The van der Waals surface area contributed by atoms with Crippen molar-refractivity contribution in [2.24, 2.45) is 0 Å². The van der Waals surface area contributed by atoms with Gasteiger partial charge in [0, 0.05) is 25.7 Å². The smallest absolute Gasteiger partial charge is 0.338 e. The number of hydrogen-bond acceptors (Lipinski definition) is 5. The molecule has 1 aromatic carbocycles. The molecule has 3 rings (SSSR count). The second-order valence-electron chi connectivity index (χ2n) is 6.26. The molecular formula is C18H20N2O6S. The number of hydrogen-bond donors (Lipinski definition) is 2. The van der Waals surface area contributed by atoms with Crippen LogP contribution >= 0.6 is 0 Å². The maximum atomic E-state index is 12.9. The predicted molar refractivity (Wildman–Crippen MR) is 95.9 cm³/mol. The first-order valence-electron chi connectivity index (χ1n) is 8.57. The molecule has 0 aliphatic carbocycles. The third-order valence-electron chi connectivity index (χ3n) is 4.42. The molecule has 0 saturated carbocycles. The number of piperidine rings is 1. The number of sulfonamides is 1. The van der Waals surface area contributed by atoms with Crippen LogP contribution in [0.1, 0.15) is 45.7 Å². The Morgan fingerprint density at radius 1 is 1.15 bits per heavy atom. The summed E-state index contributed by atoms with van der Waals surface area (Å²) in [6.45, 7) is 0.964. The van der Waals surface area contributed by atoms with Crippen LogP contribution in [-0.4, -0.2) is 42.8 Å². The number of carboxylic acid groups (broad SMARTS) is 1. The molecule has 8 nitrogen and oxygen atoms in total. The van der Waals surface area contributed by atoms with Gasteiger partial charge in [0.15, 0.2) is 5.76 Å². The molecule has 27 heavy (non-hydrogen) atoms. The Bertz CT molecular complexity index is 944. The van der Waals surface area contributed by atoms with Crippen molar-refractivity contribution in [1.82, 2.24) is 9.62 Å². The standard InChI is InChI=1S/C18H20N2O6S/c21-17(15-10-14(12-26-15)18(22)23)19-11-13-6-2-3-7-16(13)27(24,25)20-8-4-1-5-9-20/h2-3,6-7,10,12H,1,4-5,8-9,11H2,(H,19,21)(H,22,23). The summed E-state index contributed by atoms with van der Waals surface area (Å²) in [5.41, 5.74) is 0.328. The summed E-state index contributed by atoms with van der Waals surface area (Å²) < 4.78 is 32.3. The van der Waals surface area contributed by atoms with E-state index in [4.69, 9.17) is 9.52 Å². The van der Waals surface area contributed by atoms with Crippen molar-refractivity contribution in [2.75, 3.05) is 13.1 Å². The predicted octanol–water partition coefficient (Wildman–Crippen LogP) is 2.08. The third kappa shape index (κ3) is 4.20. The maximum Gasteiger partial charge on any atom is 0.338 e. The minimum Gasteiger partial charge on any atom is -0.478 e. The van der Waals surface area contributed by atoms with Gasteiger partial charge in [-0.05, 0) is 24.5 Å². The third-order valence-corrected chi connectivity index (χ3v) is 6.41. The summed E-state index contributed by atoms with van der Waals surface area (Å²) in [7, 11) is -3.63. The largest absolute Gasteiger partial charge is 0.478 e. The Hall–Kier alpha value is -2.65. The van der Waals surface area contributed by atoms with E-state index in [1.807, 2.05) is 0 Å². The number of carbonyl (C=O) groups excluding carboxylic acids is 1. The van der Waals surface area contributed by atoms with E-state index in [-0.39, 0.29) is 22.8 Å². The number of aromatic carboxylic acids is 1. The van der Waals surface area contributed by atoms with Crippen LogP contribution in [0.4, 0.5) is 0 Å². The summed E-state index contributed by atoms with van der Waals surface area (Å²) in [6, 6.07) is 7.64. The zero-order valence-corrected chi connectivity index (χ0v) is 15.4. The highest BCUT2D eigenvalue weighted by Gasteiger charge is 2.28. The molecule has 0 unspecified atom stereocenters. The Balaban J connectivity index is 1.75. The minimum absolute atomic E-state index is 0.0226. The van der Waals surface area contributed by atoms with Crippen molar-refractivity contribution >= 4 is 21.9 Å². The quantitative estimate of drug-likeness (QED) is 0.777. The Labute approximate surface area is 156 Å². The number of carboxylic acids is 1. The lowest BCUT2D eigenvalue weighted by molar-refractivity contribution is 0.0695. The molecule has 144 valence electrons. The number of nitrogens with zero attached hydrogens (tertiary/aromatic N) is 1. The van der Waals surface area contributed by atoms with E-state index < -0.39 is 21.9 Å². The van der Waals surface area contributed by atoms with Gasteiger partial charge in [0.2, 0.25) is 10.0 Å². The Kier molecular flexibility index (Phi) is 5.62. The molecule has 1 aliphatic rings. The van der Waals surface area contributed by atoms with Gasteiger partial charge in [0.1, 0.15) is 6.26 Å². The van der Waals surface area contributed by atoms with Gasteiger partial charge in [-0.1, -0.05) is 24.6 Å². The summed E-state index contributed by atoms with van der Waals surface area (Å²) in [5.74, 6) is -1.97. The molecule has 2 heterocycles. The molecule has 0 bridgehead atoms. The molecule has 0 spiro atoms. The first kappa shape index (κ1) is 19.1. The number of rotatable bonds is 6. The van der Waals surface area contributed by atoms with Crippen molar-refractivity contribution in [3.05, 3.63) is 53.5 Å². The van der Waals surface area contributed by atoms with Gasteiger partial charge in [-0.2, -0.15) is 4.31 Å². The second kappa shape index (κ2) is 7.93. The summed E-state index contributed by atoms with van der Waals surface area (Å²) >= 11 is 0. The number of carbonyl (C=O) groups is 2. The van der Waals surface area contributed by atoms with Crippen molar-refractivity contribution in [2.45, 2.75) is 30.7 Å². The van der Waals surface area contributed by atoms with Crippen LogP contribution in [0.5, 0.6) is 0 Å². The van der Waals surface area contributed by atoms with Gasteiger partial charge in [-0.25, -0.2) is 13.2 Å². The van der Waals surface area contributed by atoms with Crippen molar-refractivity contribution in [1.29, 1.82) is 0 Å². The Morgan fingerprint density at radius 3 is 2.52 bits per heavy atom. The number of benzene rings is 1. The Morgan fingerprint density at radius 2 is 1.85 bits per heavy atom. The van der Waals surface area contributed by atoms with E-state index in [1.54, 1.807) is 18.2 Å². The zero-order chi connectivity index (χ0) is 19.4. The van der Waals surface area contributed by atoms with Crippen LogP contribution in [0.3, 0.4) is 0 Å². The lowest BCUT2D eigenvalue weighted by Gasteiger charge is -2.26. The topological polar surface area (TPSA) is 117 Å². The molecule has 1 fully saturated rings. The highest BCUT2D eigenvalue weighted by atomic mass is 32.2.